The normalized spacial score (nSPS) is 20.8. The van der Waals surface area contributed by atoms with Gasteiger partial charge in [-0.2, -0.15) is 0 Å². The van der Waals surface area contributed by atoms with E-state index in [2.05, 4.69) is 20.8 Å². The number of aromatic nitrogens is 2. The minimum atomic E-state index is -0.758. The number of hydrogen-bond donors (Lipinski definition) is 3. The highest BCUT2D eigenvalue weighted by Gasteiger charge is 2.26. The highest BCUT2D eigenvalue weighted by Crippen LogP contribution is 2.24. The number of rotatable bonds is 5. The lowest BCUT2D eigenvalue weighted by molar-refractivity contribution is -0.142. The van der Waals surface area contributed by atoms with Crippen LogP contribution in [0, 0.1) is 5.92 Å². The number of anilines is 1. The van der Waals surface area contributed by atoms with Gasteiger partial charge in [0.25, 0.3) is 0 Å². The molecule has 8 nitrogen and oxygen atoms in total. The van der Waals surface area contributed by atoms with E-state index in [1.807, 2.05) is 13.8 Å². The molecule has 23 heavy (non-hydrogen) atoms. The molecule has 126 valence electrons. The maximum atomic E-state index is 11.9. The molecule has 0 aromatic carbocycles. The Morgan fingerprint density at radius 1 is 1.22 bits per heavy atom. The first-order valence-electron chi connectivity index (χ1n) is 7.74. The number of aliphatic carboxylic acids is 1. The summed E-state index contributed by atoms with van der Waals surface area (Å²) in [6, 6.07) is 2.88. The summed E-state index contributed by atoms with van der Waals surface area (Å²) >= 11 is 0. The fourth-order valence-electron chi connectivity index (χ4n) is 2.51. The highest BCUT2D eigenvalue weighted by atomic mass is 16.5. The summed E-state index contributed by atoms with van der Waals surface area (Å²) in [5, 5.41) is 22.1. The van der Waals surface area contributed by atoms with E-state index in [0.717, 1.165) is 0 Å². The summed E-state index contributed by atoms with van der Waals surface area (Å²) in [5.41, 5.74) is 0. The monoisotopic (exact) mass is 322 g/mol. The van der Waals surface area contributed by atoms with Gasteiger partial charge in [0.1, 0.15) is 0 Å². The number of carbonyl (C=O) groups excluding carboxylic acids is 1. The van der Waals surface area contributed by atoms with Crippen molar-refractivity contribution in [3.05, 3.63) is 12.1 Å². The third-order valence-corrected chi connectivity index (χ3v) is 3.65. The Bertz CT molecular complexity index is 539. The van der Waals surface area contributed by atoms with Crippen LogP contribution in [0.4, 0.5) is 10.6 Å². The summed E-state index contributed by atoms with van der Waals surface area (Å²) in [6.45, 7) is 3.78. The molecule has 0 bridgehead atoms. The van der Waals surface area contributed by atoms with Crippen LogP contribution in [0.1, 0.15) is 39.5 Å². The average Bonchev–Trinajstić information content (AvgIpc) is 2.49. The first-order chi connectivity index (χ1) is 10.9. The van der Waals surface area contributed by atoms with E-state index < -0.39 is 5.97 Å². The fraction of sp³-hybridized carbons (Fsp3) is 0.600. The van der Waals surface area contributed by atoms with E-state index in [1.165, 1.54) is 0 Å². The van der Waals surface area contributed by atoms with Crippen molar-refractivity contribution in [2.24, 2.45) is 5.92 Å². The lowest BCUT2D eigenvalue weighted by Crippen LogP contribution is -2.41. The number of urea groups is 1. The summed E-state index contributed by atoms with van der Waals surface area (Å²) in [5.74, 6) is -0.321. The molecule has 1 saturated carbocycles. The zero-order valence-corrected chi connectivity index (χ0v) is 13.3. The molecular weight excluding hydrogens is 300 g/mol. The second-order valence-electron chi connectivity index (χ2n) is 5.91. The summed E-state index contributed by atoms with van der Waals surface area (Å²) in [4.78, 5) is 22.8. The zero-order valence-electron chi connectivity index (χ0n) is 13.3. The van der Waals surface area contributed by atoms with Gasteiger partial charge in [-0.15, -0.1) is 10.2 Å². The Morgan fingerprint density at radius 3 is 2.43 bits per heavy atom. The molecule has 1 aliphatic carbocycles. The fourth-order valence-corrected chi connectivity index (χ4v) is 2.51. The predicted molar refractivity (Wildman–Crippen MR) is 83.3 cm³/mol. The van der Waals surface area contributed by atoms with Crippen LogP contribution >= 0.6 is 0 Å². The van der Waals surface area contributed by atoms with Crippen LogP contribution in [0.15, 0.2) is 12.1 Å². The molecule has 1 aromatic heterocycles. The Morgan fingerprint density at radius 2 is 1.91 bits per heavy atom. The summed E-state index contributed by atoms with van der Waals surface area (Å²) in [7, 11) is 0. The molecule has 0 radical (unpaired) electrons. The molecule has 2 amide bonds. The second kappa shape index (κ2) is 7.75. The van der Waals surface area contributed by atoms with Gasteiger partial charge in [0.05, 0.1) is 12.0 Å². The molecule has 1 heterocycles. The standard InChI is InChI=1S/C15H22N4O4/c1-9(2)23-13-8-7-12(18-19-13)17-15(22)16-11-5-3-10(4-6-11)14(20)21/h7-11H,3-6H2,1-2H3,(H,20,21)(H2,16,17,18,22). The Hall–Kier alpha value is -2.38. The lowest BCUT2D eigenvalue weighted by atomic mass is 9.86. The molecule has 0 atom stereocenters. The lowest BCUT2D eigenvalue weighted by Gasteiger charge is -2.26. The van der Waals surface area contributed by atoms with Gasteiger partial charge in [0.15, 0.2) is 5.82 Å². The van der Waals surface area contributed by atoms with Crippen molar-refractivity contribution >= 4 is 17.8 Å². The largest absolute Gasteiger partial charge is 0.481 e. The van der Waals surface area contributed by atoms with E-state index in [1.54, 1.807) is 12.1 Å². The number of nitrogens with zero attached hydrogens (tertiary/aromatic N) is 2. The SMILES string of the molecule is CC(C)Oc1ccc(NC(=O)NC2CCC(C(=O)O)CC2)nn1. The van der Waals surface area contributed by atoms with E-state index in [-0.39, 0.29) is 24.1 Å². The maximum absolute atomic E-state index is 11.9. The third-order valence-electron chi connectivity index (χ3n) is 3.65. The molecule has 0 aliphatic heterocycles. The van der Waals surface area contributed by atoms with Crippen molar-refractivity contribution in [2.75, 3.05) is 5.32 Å². The van der Waals surface area contributed by atoms with Crippen molar-refractivity contribution < 1.29 is 19.4 Å². The van der Waals surface area contributed by atoms with Gasteiger partial charge in [0.2, 0.25) is 5.88 Å². The predicted octanol–water partition coefficient (Wildman–Crippen LogP) is 2.03. The van der Waals surface area contributed by atoms with Crippen LogP contribution in [0.5, 0.6) is 5.88 Å². The summed E-state index contributed by atoms with van der Waals surface area (Å²) < 4.78 is 5.38. The molecule has 1 aromatic rings. The topological polar surface area (TPSA) is 113 Å². The highest BCUT2D eigenvalue weighted by molar-refractivity contribution is 5.88. The Kier molecular flexibility index (Phi) is 5.72. The number of carbonyl (C=O) groups is 2. The third kappa shape index (κ3) is 5.39. The number of hydrogen-bond acceptors (Lipinski definition) is 5. The van der Waals surface area contributed by atoms with Gasteiger partial charge >= 0.3 is 12.0 Å². The van der Waals surface area contributed by atoms with Gasteiger partial charge in [-0.25, -0.2) is 4.79 Å². The summed E-state index contributed by atoms with van der Waals surface area (Å²) in [6.07, 6.45) is 2.50. The van der Waals surface area contributed by atoms with Gasteiger partial charge in [-0.3, -0.25) is 10.1 Å². The minimum Gasteiger partial charge on any atom is -0.481 e. The van der Waals surface area contributed by atoms with Crippen molar-refractivity contribution in [1.82, 2.24) is 15.5 Å². The van der Waals surface area contributed by atoms with Crippen LogP contribution in [-0.4, -0.2) is 39.5 Å². The average molecular weight is 322 g/mol. The smallest absolute Gasteiger partial charge is 0.320 e. The van der Waals surface area contributed by atoms with Crippen LogP contribution < -0.4 is 15.4 Å². The van der Waals surface area contributed by atoms with E-state index in [9.17, 15) is 9.59 Å². The molecule has 2 rings (SSSR count). The molecule has 1 fully saturated rings. The van der Waals surface area contributed by atoms with E-state index in [4.69, 9.17) is 9.84 Å². The quantitative estimate of drug-likeness (QED) is 0.764. The van der Waals surface area contributed by atoms with E-state index in [0.29, 0.717) is 37.4 Å². The Labute approximate surface area is 134 Å². The molecule has 0 unspecified atom stereocenters. The zero-order chi connectivity index (χ0) is 16.8. The molecular formula is C15H22N4O4. The second-order valence-corrected chi connectivity index (χ2v) is 5.91. The van der Waals surface area contributed by atoms with Crippen molar-refractivity contribution in [3.63, 3.8) is 0 Å². The van der Waals surface area contributed by atoms with Crippen LogP contribution in [0.25, 0.3) is 0 Å². The van der Waals surface area contributed by atoms with Crippen molar-refractivity contribution in [1.29, 1.82) is 0 Å². The number of carboxylic acid groups (broad SMARTS) is 1. The first kappa shape index (κ1) is 17.0. The minimum absolute atomic E-state index is 0.00679. The van der Waals surface area contributed by atoms with Crippen LogP contribution in [0.3, 0.4) is 0 Å². The van der Waals surface area contributed by atoms with Crippen molar-refractivity contribution in [2.45, 2.75) is 51.7 Å². The van der Waals surface area contributed by atoms with Crippen LogP contribution in [0.2, 0.25) is 0 Å². The molecule has 0 saturated heterocycles. The van der Waals surface area contributed by atoms with Crippen LogP contribution in [-0.2, 0) is 4.79 Å². The van der Waals surface area contributed by atoms with Gasteiger partial charge in [-0.05, 0) is 45.6 Å². The van der Waals surface area contributed by atoms with Gasteiger partial charge in [-0.1, -0.05) is 0 Å². The number of carboxylic acids is 1. The maximum Gasteiger partial charge on any atom is 0.320 e. The van der Waals surface area contributed by atoms with Gasteiger partial charge < -0.3 is 15.2 Å². The van der Waals surface area contributed by atoms with Crippen molar-refractivity contribution in [3.8, 4) is 5.88 Å². The Balaban J connectivity index is 1.78. The number of nitrogens with one attached hydrogen (secondary N) is 2. The molecule has 3 N–H and O–H groups in total. The van der Waals surface area contributed by atoms with Gasteiger partial charge in [0, 0.05) is 12.1 Å². The molecule has 8 heteroatoms. The molecule has 1 aliphatic rings. The molecule has 0 spiro atoms. The first-order valence-corrected chi connectivity index (χ1v) is 7.74. The number of amides is 2. The van der Waals surface area contributed by atoms with E-state index >= 15 is 0 Å². The number of ether oxygens (including phenoxy) is 1.